The maximum Gasteiger partial charge on any atom is 0.270 e. The number of aromatic nitrogens is 1. The Balaban J connectivity index is 2.20. The van der Waals surface area contributed by atoms with E-state index < -0.39 is 0 Å². The first-order chi connectivity index (χ1) is 7.61. The van der Waals surface area contributed by atoms with E-state index in [-0.39, 0.29) is 11.9 Å². The van der Waals surface area contributed by atoms with Crippen LogP contribution in [-0.2, 0) is 6.54 Å². The molecule has 5 heteroatoms. The summed E-state index contributed by atoms with van der Waals surface area (Å²) in [5.74, 6) is 0.0294. The van der Waals surface area contributed by atoms with E-state index in [1.807, 2.05) is 11.5 Å². The van der Waals surface area contributed by atoms with Crippen LogP contribution in [0.2, 0.25) is 5.02 Å². The van der Waals surface area contributed by atoms with Crippen molar-refractivity contribution in [1.29, 1.82) is 0 Å². The van der Waals surface area contributed by atoms with Gasteiger partial charge in [0, 0.05) is 31.9 Å². The highest BCUT2D eigenvalue weighted by Crippen LogP contribution is 2.18. The molecule has 2 rings (SSSR count). The fourth-order valence-electron chi connectivity index (χ4n) is 2.05. The Hall–Kier alpha value is -1.00. The molecule has 1 atom stereocenters. The highest BCUT2D eigenvalue weighted by molar-refractivity contribution is 6.31. The van der Waals surface area contributed by atoms with Crippen LogP contribution in [0.25, 0.3) is 0 Å². The molecule has 88 valence electrons. The van der Waals surface area contributed by atoms with E-state index in [1.165, 1.54) is 0 Å². The Bertz CT molecular complexity index is 402. The number of likely N-dealkylation sites (tertiary alicyclic amines) is 1. The number of hydrogen-bond donors (Lipinski definition) is 1. The summed E-state index contributed by atoms with van der Waals surface area (Å²) in [7, 11) is 0. The van der Waals surface area contributed by atoms with Crippen molar-refractivity contribution in [2.75, 3.05) is 13.1 Å². The predicted octanol–water partition coefficient (Wildman–Crippen LogP) is 1.33. The first-order valence-electron chi connectivity index (χ1n) is 5.52. The van der Waals surface area contributed by atoms with Crippen molar-refractivity contribution in [2.24, 2.45) is 5.73 Å². The van der Waals surface area contributed by atoms with E-state index in [4.69, 9.17) is 17.3 Å². The number of hydrogen-bond acceptors (Lipinski definition) is 2. The third-order valence-electron chi connectivity index (χ3n) is 2.93. The van der Waals surface area contributed by atoms with Gasteiger partial charge in [-0.15, -0.1) is 0 Å². The number of amides is 1. The molecule has 1 aromatic rings. The summed E-state index contributed by atoms with van der Waals surface area (Å²) in [6.07, 6.45) is 2.66. The summed E-state index contributed by atoms with van der Waals surface area (Å²) in [4.78, 5) is 14.0. The van der Waals surface area contributed by atoms with Crippen molar-refractivity contribution in [3.63, 3.8) is 0 Å². The fourth-order valence-corrected chi connectivity index (χ4v) is 2.27. The second kappa shape index (κ2) is 4.47. The fraction of sp³-hybridized carbons (Fsp3) is 0.545. The molecule has 1 saturated heterocycles. The molecule has 0 aromatic carbocycles. The number of nitrogens with zero attached hydrogens (tertiary/aromatic N) is 2. The minimum Gasteiger partial charge on any atom is -0.342 e. The van der Waals surface area contributed by atoms with Crippen LogP contribution in [0, 0.1) is 0 Å². The molecule has 1 fully saturated rings. The van der Waals surface area contributed by atoms with Gasteiger partial charge in [0.05, 0.1) is 5.02 Å². The number of carbonyl (C=O) groups excluding carboxylic acids is 1. The Morgan fingerprint density at radius 2 is 2.44 bits per heavy atom. The zero-order valence-electron chi connectivity index (χ0n) is 9.32. The van der Waals surface area contributed by atoms with Crippen molar-refractivity contribution in [1.82, 2.24) is 9.47 Å². The largest absolute Gasteiger partial charge is 0.342 e. The zero-order chi connectivity index (χ0) is 11.7. The lowest BCUT2D eigenvalue weighted by Gasteiger charge is -2.16. The van der Waals surface area contributed by atoms with Crippen LogP contribution in [-0.4, -0.2) is 34.5 Å². The Morgan fingerprint density at radius 3 is 3.00 bits per heavy atom. The molecule has 0 spiro atoms. The SMILES string of the molecule is CCn1cc(Cl)cc1C(=O)N1CC[C@@H](N)C1. The first kappa shape index (κ1) is 11.5. The van der Waals surface area contributed by atoms with Crippen LogP contribution < -0.4 is 5.73 Å². The molecule has 0 saturated carbocycles. The normalized spacial score (nSPS) is 20.4. The van der Waals surface area contributed by atoms with Crippen LogP contribution in [0.1, 0.15) is 23.8 Å². The van der Waals surface area contributed by atoms with Crippen molar-refractivity contribution in [3.8, 4) is 0 Å². The van der Waals surface area contributed by atoms with Crippen LogP contribution >= 0.6 is 11.6 Å². The molecule has 16 heavy (non-hydrogen) atoms. The second-order valence-corrected chi connectivity index (χ2v) is 4.57. The topological polar surface area (TPSA) is 51.3 Å². The van der Waals surface area contributed by atoms with E-state index in [9.17, 15) is 4.79 Å². The van der Waals surface area contributed by atoms with Gasteiger partial charge in [0.15, 0.2) is 0 Å². The molecule has 2 N–H and O–H groups in total. The molecule has 1 aromatic heterocycles. The van der Waals surface area contributed by atoms with Gasteiger partial charge in [-0.2, -0.15) is 0 Å². The Kier molecular flexibility index (Phi) is 3.21. The molecule has 0 aliphatic carbocycles. The lowest BCUT2D eigenvalue weighted by Crippen LogP contribution is -2.33. The number of rotatable bonds is 2. The quantitative estimate of drug-likeness (QED) is 0.850. The van der Waals surface area contributed by atoms with Crippen LogP contribution in [0.3, 0.4) is 0 Å². The highest BCUT2D eigenvalue weighted by Gasteiger charge is 2.26. The summed E-state index contributed by atoms with van der Waals surface area (Å²) < 4.78 is 1.87. The minimum absolute atomic E-state index is 0.0294. The Morgan fingerprint density at radius 1 is 1.69 bits per heavy atom. The zero-order valence-corrected chi connectivity index (χ0v) is 10.1. The summed E-state index contributed by atoms with van der Waals surface area (Å²) >= 11 is 5.91. The molecule has 1 amide bonds. The van der Waals surface area contributed by atoms with Gasteiger partial charge >= 0.3 is 0 Å². The number of nitrogens with two attached hydrogens (primary N) is 1. The average molecular weight is 242 g/mol. The maximum absolute atomic E-state index is 12.2. The van der Waals surface area contributed by atoms with Gasteiger partial charge in [-0.3, -0.25) is 4.79 Å². The van der Waals surface area contributed by atoms with Crippen LogP contribution in [0.15, 0.2) is 12.3 Å². The van der Waals surface area contributed by atoms with Crippen LogP contribution in [0.4, 0.5) is 0 Å². The molecular weight excluding hydrogens is 226 g/mol. The molecule has 2 heterocycles. The summed E-state index contributed by atoms with van der Waals surface area (Å²) in [5.41, 5.74) is 6.44. The molecule has 0 radical (unpaired) electrons. The summed E-state index contributed by atoms with van der Waals surface area (Å²) in [5, 5.41) is 0.605. The lowest BCUT2D eigenvalue weighted by molar-refractivity contribution is 0.0780. The van der Waals surface area contributed by atoms with E-state index in [2.05, 4.69) is 0 Å². The minimum atomic E-state index is 0.0294. The lowest BCUT2D eigenvalue weighted by atomic mass is 10.3. The van der Waals surface area contributed by atoms with Gasteiger partial charge in [0.2, 0.25) is 0 Å². The van der Waals surface area contributed by atoms with Gasteiger partial charge < -0.3 is 15.2 Å². The van der Waals surface area contributed by atoms with E-state index >= 15 is 0 Å². The summed E-state index contributed by atoms with van der Waals surface area (Å²) in [6.45, 7) is 4.12. The third-order valence-corrected chi connectivity index (χ3v) is 3.14. The highest BCUT2D eigenvalue weighted by atomic mass is 35.5. The monoisotopic (exact) mass is 241 g/mol. The average Bonchev–Trinajstić information content (AvgIpc) is 2.83. The third kappa shape index (κ3) is 2.08. The smallest absolute Gasteiger partial charge is 0.270 e. The second-order valence-electron chi connectivity index (χ2n) is 4.13. The van der Waals surface area contributed by atoms with Crippen molar-refractivity contribution in [2.45, 2.75) is 25.9 Å². The van der Waals surface area contributed by atoms with E-state index in [0.717, 1.165) is 19.5 Å². The van der Waals surface area contributed by atoms with Crippen LogP contribution in [0.5, 0.6) is 0 Å². The number of carbonyl (C=O) groups is 1. The standard InChI is InChI=1S/C11H16ClN3O/c1-2-14-6-8(12)5-10(14)11(16)15-4-3-9(13)7-15/h5-6,9H,2-4,7,13H2,1H3/t9-/m1/s1. The molecule has 1 aliphatic rings. The molecule has 4 nitrogen and oxygen atoms in total. The van der Waals surface area contributed by atoms with Gasteiger partial charge in [0.1, 0.15) is 5.69 Å². The van der Waals surface area contributed by atoms with Crippen molar-refractivity contribution >= 4 is 17.5 Å². The maximum atomic E-state index is 12.2. The van der Waals surface area contributed by atoms with Gasteiger partial charge in [-0.05, 0) is 19.4 Å². The van der Waals surface area contributed by atoms with Gasteiger partial charge in [-0.1, -0.05) is 11.6 Å². The van der Waals surface area contributed by atoms with E-state index in [0.29, 0.717) is 17.3 Å². The number of halogens is 1. The predicted molar refractivity (Wildman–Crippen MR) is 63.6 cm³/mol. The van der Waals surface area contributed by atoms with Crippen molar-refractivity contribution in [3.05, 3.63) is 23.0 Å². The molecule has 0 bridgehead atoms. The first-order valence-corrected chi connectivity index (χ1v) is 5.90. The molecular formula is C11H16ClN3O. The molecule has 1 aliphatic heterocycles. The van der Waals surface area contributed by atoms with Gasteiger partial charge in [0.25, 0.3) is 5.91 Å². The number of aryl methyl sites for hydroxylation is 1. The van der Waals surface area contributed by atoms with Gasteiger partial charge in [-0.25, -0.2) is 0 Å². The molecule has 0 unspecified atom stereocenters. The van der Waals surface area contributed by atoms with Crippen molar-refractivity contribution < 1.29 is 4.79 Å². The summed E-state index contributed by atoms with van der Waals surface area (Å²) in [6, 6.07) is 1.83. The Labute approximate surface area is 100.0 Å². The van der Waals surface area contributed by atoms with E-state index in [1.54, 1.807) is 17.2 Å².